The number of rotatable bonds is 4. The molecule has 94 valence electrons. The SMILES string of the molecule is CC(C)(C)c1nc[nH]c(=O)c1CCCC(=O)O. The van der Waals surface area contributed by atoms with Gasteiger partial charge in [-0.3, -0.25) is 9.59 Å². The van der Waals surface area contributed by atoms with E-state index in [-0.39, 0.29) is 17.4 Å². The molecule has 2 N–H and O–H groups in total. The number of aromatic nitrogens is 2. The molecule has 5 heteroatoms. The minimum Gasteiger partial charge on any atom is -0.481 e. The average Bonchev–Trinajstić information content (AvgIpc) is 2.18. The number of nitrogens with zero attached hydrogens (tertiary/aromatic N) is 1. The summed E-state index contributed by atoms with van der Waals surface area (Å²) in [6.45, 7) is 5.94. The minimum atomic E-state index is -0.845. The summed E-state index contributed by atoms with van der Waals surface area (Å²) in [4.78, 5) is 28.9. The standard InChI is InChI=1S/C12H18N2O3/c1-12(2,3)10-8(5-4-6-9(15)16)11(17)14-7-13-10/h7H,4-6H2,1-3H3,(H,15,16)(H,13,14,17). The fourth-order valence-corrected chi connectivity index (χ4v) is 1.72. The molecule has 0 unspecified atom stereocenters. The summed E-state index contributed by atoms with van der Waals surface area (Å²) >= 11 is 0. The van der Waals surface area contributed by atoms with Crippen LogP contribution in [-0.2, 0) is 16.6 Å². The quantitative estimate of drug-likeness (QED) is 0.832. The topological polar surface area (TPSA) is 83.0 Å². The monoisotopic (exact) mass is 238 g/mol. The van der Waals surface area contributed by atoms with Crippen molar-refractivity contribution in [1.29, 1.82) is 0 Å². The number of carboxylic acids is 1. The lowest BCUT2D eigenvalue weighted by Crippen LogP contribution is -2.24. The molecule has 0 radical (unpaired) electrons. The third kappa shape index (κ3) is 3.69. The zero-order valence-electron chi connectivity index (χ0n) is 10.4. The highest BCUT2D eigenvalue weighted by Crippen LogP contribution is 2.22. The van der Waals surface area contributed by atoms with Crippen LogP contribution in [0, 0.1) is 0 Å². The third-order valence-corrected chi connectivity index (χ3v) is 2.48. The molecule has 0 aliphatic heterocycles. The van der Waals surface area contributed by atoms with Gasteiger partial charge in [-0.15, -0.1) is 0 Å². The smallest absolute Gasteiger partial charge is 0.303 e. The molecular weight excluding hydrogens is 220 g/mol. The van der Waals surface area contributed by atoms with Gasteiger partial charge in [-0.1, -0.05) is 20.8 Å². The summed E-state index contributed by atoms with van der Waals surface area (Å²) in [5, 5.41) is 8.59. The van der Waals surface area contributed by atoms with Gasteiger partial charge in [0, 0.05) is 17.4 Å². The second-order valence-corrected chi connectivity index (χ2v) is 5.06. The molecular formula is C12H18N2O3. The average molecular weight is 238 g/mol. The van der Waals surface area contributed by atoms with Crippen molar-refractivity contribution in [2.75, 3.05) is 0 Å². The van der Waals surface area contributed by atoms with Gasteiger partial charge in [-0.25, -0.2) is 4.98 Å². The Bertz CT molecular complexity index is 458. The maximum atomic E-state index is 11.7. The first kappa shape index (κ1) is 13.4. The first-order valence-electron chi connectivity index (χ1n) is 5.61. The molecule has 1 rings (SSSR count). The molecule has 0 fully saturated rings. The van der Waals surface area contributed by atoms with Crippen molar-refractivity contribution < 1.29 is 9.90 Å². The molecule has 0 amide bonds. The Balaban J connectivity index is 2.97. The van der Waals surface area contributed by atoms with E-state index in [4.69, 9.17) is 5.11 Å². The lowest BCUT2D eigenvalue weighted by atomic mass is 9.87. The molecule has 0 saturated heterocycles. The van der Waals surface area contributed by atoms with Crippen LogP contribution in [0.3, 0.4) is 0 Å². The Labute approximate surface area is 99.9 Å². The van der Waals surface area contributed by atoms with Gasteiger partial charge < -0.3 is 10.1 Å². The number of nitrogens with one attached hydrogen (secondary N) is 1. The Morgan fingerprint density at radius 1 is 1.47 bits per heavy atom. The molecule has 0 aliphatic carbocycles. The molecule has 1 aromatic rings. The fraction of sp³-hybridized carbons (Fsp3) is 0.583. The van der Waals surface area contributed by atoms with Gasteiger partial charge in [0.25, 0.3) is 5.56 Å². The number of aliphatic carboxylic acids is 1. The number of carbonyl (C=O) groups is 1. The molecule has 5 nitrogen and oxygen atoms in total. The van der Waals surface area contributed by atoms with E-state index in [2.05, 4.69) is 9.97 Å². The van der Waals surface area contributed by atoms with Crippen LogP contribution in [0.4, 0.5) is 0 Å². The van der Waals surface area contributed by atoms with E-state index in [1.807, 2.05) is 20.8 Å². The lowest BCUT2D eigenvalue weighted by Gasteiger charge is -2.20. The fourth-order valence-electron chi connectivity index (χ4n) is 1.72. The van der Waals surface area contributed by atoms with E-state index in [0.29, 0.717) is 18.4 Å². The van der Waals surface area contributed by atoms with Crippen molar-refractivity contribution in [1.82, 2.24) is 9.97 Å². The maximum absolute atomic E-state index is 11.7. The van der Waals surface area contributed by atoms with Gasteiger partial charge in [0.1, 0.15) is 0 Å². The van der Waals surface area contributed by atoms with Gasteiger partial charge in [-0.05, 0) is 12.8 Å². The van der Waals surface area contributed by atoms with E-state index in [1.54, 1.807) is 0 Å². The molecule has 17 heavy (non-hydrogen) atoms. The molecule has 0 atom stereocenters. The number of hydrogen-bond acceptors (Lipinski definition) is 3. The zero-order valence-corrected chi connectivity index (χ0v) is 10.4. The second kappa shape index (κ2) is 5.12. The number of hydrogen-bond donors (Lipinski definition) is 2. The molecule has 0 spiro atoms. The van der Waals surface area contributed by atoms with Crippen molar-refractivity contribution in [2.45, 2.75) is 45.4 Å². The molecule has 0 aromatic carbocycles. The van der Waals surface area contributed by atoms with Crippen molar-refractivity contribution in [3.05, 3.63) is 27.9 Å². The summed E-state index contributed by atoms with van der Waals surface area (Å²) in [7, 11) is 0. The van der Waals surface area contributed by atoms with Crippen LogP contribution in [0.25, 0.3) is 0 Å². The normalized spacial score (nSPS) is 11.5. The summed E-state index contributed by atoms with van der Waals surface area (Å²) in [6, 6.07) is 0. The maximum Gasteiger partial charge on any atom is 0.303 e. The van der Waals surface area contributed by atoms with Crippen molar-refractivity contribution in [3.63, 3.8) is 0 Å². The summed E-state index contributed by atoms with van der Waals surface area (Å²) in [6.07, 6.45) is 2.36. The van der Waals surface area contributed by atoms with E-state index in [1.165, 1.54) is 6.33 Å². The Hall–Kier alpha value is -1.65. The van der Waals surface area contributed by atoms with E-state index in [0.717, 1.165) is 5.69 Å². The predicted molar refractivity (Wildman–Crippen MR) is 64.1 cm³/mol. The van der Waals surface area contributed by atoms with Gasteiger partial charge in [0.2, 0.25) is 0 Å². The summed E-state index contributed by atoms with van der Waals surface area (Å²) in [5.41, 5.74) is 0.954. The largest absolute Gasteiger partial charge is 0.481 e. The van der Waals surface area contributed by atoms with E-state index < -0.39 is 5.97 Å². The Kier molecular flexibility index (Phi) is 4.04. The second-order valence-electron chi connectivity index (χ2n) is 5.06. The van der Waals surface area contributed by atoms with Gasteiger partial charge >= 0.3 is 5.97 Å². The van der Waals surface area contributed by atoms with Crippen molar-refractivity contribution >= 4 is 5.97 Å². The third-order valence-electron chi connectivity index (χ3n) is 2.48. The molecule has 0 aliphatic rings. The van der Waals surface area contributed by atoms with Crippen molar-refractivity contribution in [3.8, 4) is 0 Å². The molecule has 1 heterocycles. The van der Waals surface area contributed by atoms with Gasteiger partial charge in [0.15, 0.2) is 0 Å². The Morgan fingerprint density at radius 2 is 2.12 bits per heavy atom. The summed E-state index contributed by atoms with van der Waals surface area (Å²) in [5.74, 6) is -0.845. The van der Waals surface area contributed by atoms with Crippen LogP contribution < -0.4 is 5.56 Å². The van der Waals surface area contributed by atoms with Crippen LogP contribution in [0.1, 0.15) is 44.9 Å². The van der Waals surface area contributed by atoms with Crippen LogP contribution in [0.15, 0.2) is 11.1 Å². The molecule has 0 saturated carbocycles. The first-order valence-corrected chi connectivity index (χ1v) is 5.61. The van der Waals surface area contributed by atoms with Crippen molar-refractivity contribution in [2.24, 2.45) is 0 Å². The first-order chi connectivity index (χ1) is 7.82. The number of carboxylic acid groups (broad SMARTS) is 1. The van der Waals surface area contributed by atoms with Gasteiger partial charge in [-0.2, -0.15) is 0 Å². The zero-order chi connectivity index (χ0) is 13.1. The molecule has 0 bridgehead atoms. The van der Waals surface area contributed by atoms with Crippen LogP contribution >= 0.6 is 0 Å². The van der Waals surface area contributed by atoms with Crippen LogP contribution in [0.5, 0.6) is 0 Å². The van der Waals surface area contributed by atoms with Crippen LogP contribution in [-0.4, -0.2) is 21.0 Å². The lowest BCUT2D eigenvalue weighted by molar-refractivity contribution is -0.137. The van der Waals surface area contributed by atoms with E-state index in [9.17, 15) is 9.59 Å². The number of H-pyrrole nitrogens is 1. The predicted octanol–water partition coefficient (Wildman–Crippen LogP) is 1.47. The highest BCUT2D eigenvalue weighted by Gasteiger charge is 2.21. The Morgan fingerprint density at radius 3 is 2.65 bits per heavy atom. The molecule has 1 aromatic heterocycles. The summed E-state index contributed by atoms with van der Waals surface area (Å²) < 4.78 is 0. The van der Waals surface area contributed by atoms with E-state index >= 15 is 0 Å². The highest BCUT2D eigenvalue weighted by atomic mass is 16.4. The number of aromatic amines is 1. The highest BCUT2D eigenvalue weighted by molar-refractivity contribution is 5.66. The van der Waals surface area contributed by atoms with Crippen LogP contribution in [0.2, 0.25) is 0 Å². The minimum absolute atomic E-state index is 0.0674. The van der Waals surface area contributed by atoms with Gasteiger partial charge in [0.05, 0.1) is 12.0 Å².